The van der Waals surface area contributed by atoms with Crippen molar-refractivity contribution in [3.63, 3.8) is 0 Å². The summed E-state index contributed by atoms with van der Waals surface area (Å²) in [6.45, 7) is 1.95. The van der Waals surface area contributed by atoms with Gasteiger partial charge in [-0.1, -0.05) is 6.92 Å². The number of nitrogens with zero attached hydrogens (tertiary/aromatic N) is 1. The molecule has 11 heavy (non-hydrogen) atoms. The van der Waals surface area contributed by atoms with E-state index in [1.54, 1.807) is 6.20 Å². The van der Waals surface area contributed by atoms with E-state index >= 15 is 0 Å². The minimum atomic E-state index is 0.139. The molecule has 0 amide bonds. The molecule has 0 saturated heterocycles. The lowest BCUT2D eigenvalue weighted by atomic mass is 10.1. The van der Waals surface area contributed by atoms with Gasteiger partial charge < -0.3 is 0 Å². The van der Waals surface area contributed by atoms with Crippen molar-refractivity contribution in [3.05, 3.63) is 29.6 Å². The molecule has 1 aromatic heterocycles. The molecule has 0 bridgehead atoms. The molecule has 0 aliphatic heterocycles. The van der Waals surface area contributed by atoms with E-state index in [1.807, 2.05) is 19.1 Å². The summed E-state index contributed by atoms with van der Waals surface area (Å²) in [5.74, 6) is 0.382. The van der Waals surface area contributed by atoms with E-state index < -0.39 is 0 Å². The third-order valence-corrected chi connectivity index (χ3v) is 2.10. The number of carbonyl (C=O) groups is 1. The first-order valence-electron chi connectivity index (χ1n) is 3.77. The minimum Gasteiger partial charge on any atom is -0.294 e. The fraction of sp³-hybridized carbons (Fsp3) is 0.333. The summed E-state index contributed by atoms with van der Waals surface area (Å²) in [7, 11) is 0. The van der Waals surface area contributed by atoms with Gasteiger partial charge in [-0.05, 0) is 12.1 Å². The molecule has 1 atom stereocenters. The van der Waals surface area contributed by atoms with E-state index in [-0.39, 0.29) is 11.7 Å². The topological polar surface area (TPSA) is 30.0 Å². The summed E-state index contributed by atoms with van der Waals surface area (Å²) in [6.07, 6.45) is 2.55. The second-order valence-corrected chi connectivity index (χ2v) is 2.97. The van der Waals surface area contributed by atoms with Crippen LogP contribution in [0.3, 0.4) is 0 Å². The van der Waals surface area contributed by atoms with Gasteiger partial charge in [0, 0.05) is 24.1 Å². The van der Waals surface area contributed by atoms with E-state index in [2.05, 4.69) is 4.98 Å². The van der Waals surface area contributed by atoms with Crippen molar-refractivity contribution in [1.29, 1.82) is 0 Å². The van der Waals surface area contributed by atoms with Gasteiger partial charge in [0.1, 0.15) is 0 Å². The fourth-order valence-electron chi connectivity index (χ4n) is 1.47. The van der Waals surface area contributed by atoms with E-state index in [4.69, 9.17) is 0 Å². The van der Waals surface area contributed by atoms with Gasteiger partial charge in [-0.25, -0.2) is 0 Å². The van der Waals surface area contributed by atoms with Gasteiger partial charge in [-0.15, -0.1) is 0 Å². The molecule has 1 aromatic rings. The lowest BCUT2D eigenvalue weighted by molar-refractivity contribution is 0.0946. The third-order valence-electron chi connectivity index (χ3n) is 2.10. The van der Waals surface area contributed by atoms with Gasteiger partial charge in [-0.2, -0.15) is 0 Å². The molecule has 2 heteroatoms. The monoisotopic (exact) mass is 147 g/mol. The van der Waals surface area contributed by atoms with Crippen LogP contribution < -0.4 is 0 Å². The Morgan fingerprint density at radius 3 is 3.18 bits per heavy atom. The van der Waals surface area contributed by atoms with Crippen LogP contribution in [-0.4, -0.2) is 10.8 Å². The molecule has 0 fully saturated rings. The molecule has 0 N–H and O–H groups in total. The second kappa shape index (κ2) is 2.16. The quantitative estimate of drug-likeness (QED) is 0.556. The highest BCUT2D eigenvalue weighted by Crippen LogP contribution is 2.23. The van der Waals surface area contributed by atoms with Gasteiger partial charge >= 0.3 is 0 Å². The normalized spacial score (nSPS) is 21.9. The summed E-state index contributed by atoms with van der Waals surface area (Å²) in [5, 5.41) is 0. The first-order chi connectivity index (χ1) is 5.29. The Bertz CT molecular complexity index is 306. The Balaban J connectivity index is 2.55. The summed E-state index contributed by atoms with van der Waals surface area (Å²) < 4.78 is 0. The molecule has 1 unspecified atom stereocenters. The van der Waals surface area contributed by atoms with E-state index in [9.17, 15) is 4.79 Å². The maximum Gasteiger partial charge on any atom is 0.167 e. The number of hydrogen-bond donors (Lipinski definition) is 0. The van der Waals surface area contributed by atoms with Crippen molar-refractivity contribution >= 4 is 5.78 Å². The van der Waals surface area contributed by atoms with Crippen LogP contribution in [0.4, 0.5) is 0 Å². The number of aromatic nitrogens is 1. The SMILES string of the molecule is CC1Cc2ncccc2C1=O. The van der Waals surface area contributed by atoms with Gasteiger partial charge in [0.15, 0.2) is 5.78 Å². The Kier molecular flexibility index (Phi) is 1.28. The number of carbonyl (C=O) groups excluding carboxylic acids is 1. The molecule has 1 aliphatic carbocycles. The fourth-order valence-corrected chi connectivity index (χ4v) is 1.47. The zero-order chi connectivity index (χ0) is 7.84. The van der Waals surface area contributed by atoms with Crippen molar-refractivity contribution < 1.29 is 4.79 Å². The highest BCUT2D eigenvalue weighted by atomic mass is 16.1. The van der Waals surface area contributed by atoms with Crippen LogP contribution in [0, 0.1) is 5.92 Å². The van der Waals surface area contributed by atoms with E-state index in [0.29, 0.717) is 0 Å². The highest BCUT2D eigenvalue weighted by molar-refractivity contribution is 6.01. The van der Waals surface area contributed by atoms with Crippen LogP contribution in [0.5, 0.6) is 0 Å². The standard InChI is InChI=1S/C9H9NO/c1-6-5-8-7(9(6)11)3-2-4-10-8/h2-4,6H,5H2,1H3. The lowest BCUT2D eigenvalue weighted by Crippen LogP contribution is -2.02. The van der Waals surface area contributed by atoms with Gasteiger partial charge in [0.25, 0.3) is 0 Å². The van der Waals surface area contributed by atoms with Crippen LogP contribution in [0.2, 0.25) is 0 Å². The van der Waals surface area contributed by atoms with Crippen molar-refractivity contribution in [2.45, 2.75) is 13.3 Å². The van der Waals surface area contributed by atoms with Crippen molar-refractivity contribution in [2.75, 3.05) is 0 Å². The van der Waals surface area contributed by atoms with Crippen molar-refractivity contribution in [1.82, 2.24) is 4.98 Å². The number of Topliss-reactive ketones (excluding diaryl/α,β-unsaturated/α-hetero) is 1. The Morgan fingerprint density at radius 2 is 2.45 bits per heavy atom. The molecular formula is C9H9NO. The predicted molar refractivity (Wildman–Crippen MR) is 41.4 cm³/mol. The molecule has 0 radical (unpaired) electrons. The second-order valence-electron chi connectivity index (χ2n) is 2.97. The first kappa shape index (κ1) is 6.53. The molecule has 1 aliphatic rings. The average Bonchev–Trinajstić information content (AvgIpc) is 2.30. The smallest absolute Gasteiger partial charge is 0.167 e. The van der Waals surface area contributed by atoms with E-state index in [0.717, 1.165) is 17.7 Å². The first-order valence-corrected chi connectivity index (χ1v) is 3.77. The molecule has 0 saturated carbocycles. The zero-order valence-corrected chi connectivity index (χ0v) is 6.37. The van der Waals surface area contributed by atoms with E-state index in [1.165, 1.54) is 0 Å². The van der Waals surface area contributed by atoms with Crippen LogP contribution in [0.1, 0.15) is 23.0 Å². The van der Waals surface area contributed by atoms with Crippen molar-refractivity contribution in [2.24, 2.45) is 5.92 Å². The predicted octanol–water partition coefficient (Wildman–Crippen LogP) is 1.46. The molecule has 56 valence electrons. The summed E-state index contributed by atoms with van der Waals surface area (Å²) in [4.78, 5) is 15.5. The number of rotatable bonds is 0. The zero-order valence-electron chi connectivity index (χ0n) is 6.37. The minimum absolute atomic E-state index is 0.139. The highest BCUT2D eigenvalue weighted by Gasteiger charge is 2.26. The number of hydrogen-bond acceptors (Lipinski definition) is 2. The van der Waals surface area contributed by atoms with Crippen molar-refractivity contribution in [3.8, 4) is 0 Å². The summed E-state index contributed by atoms with van der Waals surface area (Å²) in [6, 6.07) is 3.67. The summed E-state index contributed by atoms with van der Waals surface area (Å²) in [5.41, 5.74) is 1.78. The van der Waals surface area contributed by atoms with Crippen LogP contribution in [0.25, 0.3) is 0 Å². The average molecular weight is 147 g/mol. The number of fused-ring (bicyclic) bond motifs is 1. The van der Waals surface area contributed by atoms with Gasteiger partial charge in [0.05, 0.1) is 5.69 Å². The molecule has 0 spiro atoms. The van der Waals surface area contributed by atoms with Crippen LogP contribution in [0.15, 0.2) is 18.3 Å². The number of pyridine rings is 1. The van der Waals surface area contributed by atoms with Gasteiger partial charge in [-0.3, -0.25) is 9.78 Å². The van der Waals surface area contributed by atoms with Gasteiger partial charge in [0.2, 0.25) is 0 Å². The van der Waals surface area contributed by atoms with Crippen LogP contribution in [-0.2, 0) is 6.42 Å². The van der Waals surface area contributed by atoms with Crippen LogP contribution >= 0.6 is 0 Å². The summed E-state index contributed by atoms with van der Waals surface area (Å²) >= 11 is 0. The number of ketones is 1. The Labute approximate surface area is 65.3 Å². The largest absolute Gasteiger partial charge is 0.294 e. The molecule has 2 nitrogen and oxygen atoms in total. The molecular weight excluding hydrogens is 138 g/mol. The Hall–Kier alpha value is -1.18. The molecule has 0 aromatic carbocycles. The molecule has 2 rings (SSSR count). The lowest BCUT2D eigenvalue weighted by Gasteiger charge is -1.92. The molecule has 1 heterocycles. The maximum absolute atomic E-state index is 11.4. The third kappa shape index (κ3) is 0.862. The Morgan fingerprint density at radius 1 is 1.64 bits per heavy atom. The maximum atomic E-state index is 11.4.